The molecule has 6 heteroatoms. The van der Waals surface area contributed by atoms with Crippen molar-refractivity contribution >= 4 is 17.5 Å². The van der Waals surface area contributed by atoms with Crippen molar-refractivity contribution in [2.45, 2.75) is 19.4 Å². The van der Waals surface area contributed by atoms with E-state index >= 15 is 0 Å². The van der Waals surface area contributed by atoms with E-state index in [1.807, 2.05) is 23.1 Å². The van der Waals surface area contributed by atoms with E-state index in [0.717, 1.165) is 25.1 Å². The van der Waals surface area contributed by atoms with Gasteiger partial charge in [-0.25, -0.2) is 14.4 Å². The van der Waals surface area contributed by atoms with E-state index in [4.69, 9.17) is 0 Å². The third-order valence-electron chi connectivity index (χ3n) is 4.62. The maximum Gasteiger partial charge on any atom is 0.270 e. The molecule has 0 saturated heterocycles. The predicted molar refractivity (Wildman–Crippen MR) is 101 cm³/mol. The second kappa shape index (κ2) is 7.53. The van der Waals surface area contributed by atoms with Crippen molar-refractivity contribution in [3.63, 3.8) is 0 Å². The van der Waals surface area contributed by atoms with Gasteiger partial charge in [-0.3, -0.25) is 4.79 Å². The number of amides is 1. The van der Waals surface area contributed by atoms with Crippen molar-refractivity contribution in [3.8, 4) is 0 Å². The number of nitrogens with zero attached hydrogens (tertiary/aromatic N) is 3. The summed E-state index contributed by atoms with van der Waals surface area (Å²) in [5.41, 5.74) is 3.03. The van der Waals surface area contributed by atoms with E-state index in [2.05, 4.69) is 21.4 Å². The molecule has 27 heavy (non-hydrogen) atoms. The number of rotatable bonds is 4. The quantitative estimate of drug-likeness (QED) is 0.770. The first-order valence-electron chi connectivity index (χ1n) is 8.92. The zero-order valence-electron chi connectivity index (χ0n) is 14.7. The second-order valence-corrected chi connectivity index (χ2v) is 6.40. The van der Waals surface area contributed by atoms with Crippen LogP contribution in [0.5, 0.6) is 0 Å². The maximum atomic E-state index is 13.7. The Bertz CT molecular complexity index is 976. The van der Waals surface area contributed by atoms with Crippen molar-refractivity contribution in [2.75, 3.05) is 11.4 Å². The van der Waals surface area contributed by atoms with Crippen molar-refractivity contribution in [2.24, 2.45) is 0 Å². The summed E-state index contributed by atoms with van der Waals surface area (Å²) in [6, 6.07) is 16.1. The normalized spacial score (nSPS) is 13.1. The molecule has 2 aromatic carbocycles. The van der Waals surface area contributed by atoms with E-state index in [1.54, 1.807) is 30.5 Å². The van der Waals surface area contributed by atoms with Gasteiger partial charge in [-0.1, -0.05) is 36.4 Å². The number of carbonyl (C=O) groups is 1. The van der Waals surface area contributed by atoms with Crippen LogP contribution in [0.3, 0.4) is 0 Å². The molecule has 0 unspecified atom stereocenters. The maximum absolute atomic E-state index is 13.7. The lowest BCUT2D eigenvalue weighted by Crippen LogP contribution is -2.28. The standard InChI is InChI=1S/C21H19FN4O/c22-17-9-3-1-7-16(17)14-24-20(27)18-11-12-23-21(25-18)26-13-5-8-15-6-2-4-10-19(15)26/h1-4,6-7,9-12H,5,8,13-14H2,(H,24,27). The van der Waals surface area contributed by atoms with E-state index in [1.165, 1.54) is 11.6 Å². The summed E-state index contributed by atoms with van der Waals surface area (Å²) in [6.07, 6.45) is 3.61. The van der Waals surface area contributed by atoms with Crippen molar-refractivity contribution in [3.05, 3.63) is 83.4 Å². The molecule has 3 aromatic rings. The average Bonchev–Trinajstić information content (AvgIpc) is 2.72. The highest BCUT2D eigenvalue weighted by molar-refractivity contribution is 5.92. The predicted octanol–water partition coefficient (Wildman–Crippen LogP) is 3.63. The van der Waals surface area contributed by atoms with Gasteiger partial charge in [-0.2, -0.15) is 0 Å². The largest absolute Gasteiger partial charge is 0.347 e. The van der Waals surface area contributed by atoms with Gasteiger partial charge >= 0.3 is 0 Å². The number of aryl methyl sites for hydroxylation is 1. The molecular formula is C21H19FN4O. The Hall–Kier alpha value is -3.28. The molecule has 1 N–H and O–H groups in total. The number of benzene rings is 2. The molecule has 0 spiro atoms. The number of aromatic nitrogens is 2. The minimum Gasteiger partial charge on any atom is -0.347 e. The van der Waals surface area contributed by atoms with E-state index in [9.17, 15) is 9.18 Å². The second-order valence-electron chi connectivity index (χ2n) is 6.40. The van der Waals surface area contributed by atoms with E-state index in [0.29, 0.717) is 11.5 Å². The van der Waals surface area contributed by atoms with Crippen LogP contribution in [-0.4, -0.2) is 22.4 Å². The lowest BCUT2D eigenvalue weighted by molar-refractivity contribution is 0.0945. The van der Waals surface area contributed by atoms with Crippen LogP contribution in [0, 0.1) is 5.82 Å². The number of hydrogen-bond acceptors (Lipinski definition) is 4. The molecule has 0 atom stereocenters. The molecule has 0 saturated carbocycles. The summed E-state index contributed by atoms with van der Waals surface area (Å²) in [5, 5.41) is 2.72. The van der Waals surface area contributed by atoms with Gasteiger partial charge in [0.25, 0.3) is 5.91 Å². The smallest absolute Gasteiger partial charge is 0.270 e. The van der Waals surface area contributed by atoms with Gasteiger partial charge in [0, 0.05) is 30.5 Å². The number of anilines is 2. The zero-order chi connectivity index (χ0) is 18.6. The monoisotopic (exact) mass is 362 g/mol. The summed E-state index contributed by atoms with van der Waals surface area (Å²) in [5.74, 6) is -0.195. The van der Waals surface area contributed by atoms with E-state index in [-0.39, 0.29) is 24.0 Å². The lowest BCUT2D eigenvalue weighted by atomic mass is 10.0. The highest BCUT2D eigenvalue weighted by Gasteiger charge is 2.21. The highest BCUT2D eigenvalue weighted by atomic mass is 19.1. The van der Waals surface area contributed by atoms with Crippen molar-refractivity contribution in [1.82, 2.24) is 15.3 Å². The van der Waals surface area contributed by atoms with Gasteiger partial charge in [0.1, 0.15) is 11.5 Å². The van der Waals surface area contributed by atoms with Crippen LogP contribution >= 0.6 is 0 Å². The number of hydrogen-bond donors (Lipinski definition) is 1. The Morgan fingerprint density at radius 1 is 1.11 bits per heavy atom. The first-order valence-corrected chi connectivity index (χ1v) is 8.92. The summed E-state index contributed by atoms with van der Waals surface area (Å²) in [4.78, 5) is 23.3. The molecule has 0 aliphatic carbocycles. The first-order chi connectivity index (χ1) is 13.2. The lowest BCUT2D eigenvalue weighted by Gasteiger charge is -2.29. The van der Waals surface area contributed by atoms with Crippen LogP contribution in [-0.2, 0) is 13.0 Å². The molecule has 136 valence electrons. The molecule has 1 aliphatic heterocycles. The summed E-state index contributed by atoms with van der Waals surface area (Å²) >= 11 is 0. The molecule has 0 fully saturated rings. The van der Waals surface area contributed by atoms with Gasteiger partial charge in [0.2, 0.25) is 5.95 Å². The molecule has 1 aromatic heterocycles. The van der Waals surface area contributed by atoms with E-state index < -0.39 is 0 Å². The summed E-state index contributed by atoms with van der Waals surface area (Å²) in [7, 11) is 0. The Kier molecular flexibility index (Phi) is 4.78. The zero-order valence-corrected chi connectivity index (χ0v) is 14.7. The molecular weight excluding hydrogens is 343 g/mol. The number of para-hydroxylation sites is 1. The van der Waals surface area contributed by atoms with Crippen LogP contribution in [0.15, 0.2) is 60.8 Å². The number of fused-ring (bicyclic) bond motifs is 1. The van der Waals surface area contributed by atoms with Gasteiger partial charge < -0.3 is 10.2 Å². The van der Waals surface area contributed by atoms with Gasteiger partial charge in [-0.15, -0.1) is 0 Å². The minimum atomic E-state index is -0.354. The number of nitrogens with one attached hydrogen (secondary N) is 1. The molecule has 5 nitrogen and oxygen atoms in total. The van der Waals surface area contributed by atoms with Crippen LogP contribution in [0.2, 0.25) is 0 Å². The topological polar surface area (TPSA) is 58.1 Å². The van der Waals surface area contributed by atoms with Crippen molar-refractivity contribution in [1.29, 1.82) is 0 Å². The molecule has 0 radical (unpaired) electrons. The molecule has 1 amide bonds. The Morgan fingerprint density at radius 3 is 2.81 bits per heavy atom. The third kappa shape index (κ3) is 3.65. The Balaban J connectivity index is 1.53. The Morgan fingerprint density at radius 2 is 1.93 bits per heavy atom. The molecule has 0 bridgehead atoms. The SMILES string of the molecule is O=C(NCc1ccccc1F)c1ccnc(N2CCCc3ccccc32)n1. The Labute approximate surface area is 156 Å². The van der Waals surface area contributed by atoms with Gasteiger partial charge in [0.15, 0.2) is 0 Å². The minimum absolute atomic E-state index is 0.109. The first kappa shape index (κ1) is 17.1. The van der Waals surface area contributed by atoms with Crippen LogP contribution in [0.25, 0.3) is 0 Å². The fraction of sp³-hybridized carbons (Fsp3) is 0.190. The highest BCUT2D eigenvalue weighted by Crippen LogP contribution is 2.31. The number of carbonyl (C=O) groups excluding carboxylic acids is 1. The van der Waals surface area contributed by atoms with Gasteiger partial charge in [0.05, 0.1) is 0 Å². The third-order valence-corrected chi connectivity index (χ3v) is 4.62. The molecule has 4 rings (SSSR count). The number of halogens is 1. The fourth-order valence-corrected chi connectivity index (χ4v) is 3.25. The fourth-order valence-electron chi connectivity index (χ4n) is 3.25. The summed E-state index contributed by atoms with van der Waals surface area (Å²) < 4.78 is 13.7. The molecule has 1 aliphatic rings. The van der Waals surface area contributed by atoms with Crippen LogP contribution in [0.4, 0.5) is 16.0 Å². The van der Waals surface area contributed by atoms with Crippen LogP contribution < -0.4 is 10.2 Å². The van der Waals surface area contributed by atoms with Crippen LogP contribution in [0.1, 0.15) is 28.0 Å². The van der Waals surface area contributed by atoms with Crippen molar-refractivity contribution < 1.29 is 9.18 Å². The van der Waals surface area contributed by atoms with Gasteiger partial charge in [-0.05, 0) is 36.6 Å². The molecule has 2 heterocycles. The average molecular weight is 362 g/mol. The summed E-state index contributed by atoms with van der Waals surface area (Å²) in [6.45, 7) is 0.911.